The van der Waals surface area contributed by atoms with Crippen LogP contribution < -0.4 is 10.2 Å². The van der Waals surface area contributed by atoms with Gasteiger partial charge in [0.15, 0.2) is 0 Å². The number of carbonyl (C=O) groups excluding carboxylic acids is 1. The van der Waals surface area contributed by atoms with E-state index in [1.807, 2.05) is 36.0 Å². The van der Waals surface area contributed by atoms with E-state index in [0.29, 0.717) is 18.8 Å². The molecule has 1 aromatic rings. The van der Waals surface area contributed by atoms with Crippen molar-refractivity contribution in [3.63, 3.8) is 0 Å². The summed E-state index contributed by atoms with van der Waals surface area (Å²) in [7, 11) is 3.87. The number of hydrogen-bond acceptors (Lipinski definition) is 5. The molecular formula is C18H28N4O3. The van der Waals surface area contributed by atoms with Gasteiger partial charge in [-0.15, -0.1) is 0 Å². The molecule has 2 aliphatic heterocycles. The summed E-state index contributed by atoms with van der Waals surface area (Å²) in [6.45, 7) is 2.79. The van der Waals surface area contributed by atoms with E-state index >= 15 is 0 Å². The van der Waals surface area contributed by atoms with Gasteiger partial charge < -0.3 is 24.6 Å². The molecule has 1 N–H and O–H groups in total. The van der Waals surface area contributed by atoms with Gasteiger partial charge in [0.05, 0.1) is 24.1 Å². The molecule has 2 amide bonds. The van der Waals surface area contributed by atoms with Crippen LogP contribution in [0.1, 0.15) is 25.7 Å². The molecule has 2 fully saturated rings. The summed E-state index contributed by atoms with van der Waals surface area (Å²) in [5.41, 5.74) is 0.695. The molecule has 0 spiro atoms. The molecule has 0 radical (unpaired) electrons. The third kappa shape index (κ3) is 5.06. The maximum absolute atomic E-state index is 12.8. The average Bonchev–Trinajstić information content (AvgIpc) is 3.28. The van der Waals surface area contributed by atoms with E-state index in [-0.39, 0.29) is 18.2 Å². The highest BCUT2D eigenvalue weighted by atomic mass is 16.5. The first-order chi connectivity index (χ1) is 12.1. The van der Waals surface area contributed by atoms with E-state index < -0.39 is 0 Å². The molecule has 0 unspecified atom stereocenters. The molecule has 0 aromatic carbocycles. The molecule has 0 bridgehead atoms. The average molecular weight is 348 g/mol. The van der Waals surface area contributed by atoms with E-state index in [1.54, 1.807) is 6.20 Å². The second-order valence-electron chi connectivity index (χ2n) is 6.90. The highest BCUT2D eigenvalue weighted by molar-refractivity contribution is 5.89. The van der Waals surface area contributed by atoms with Crippen LogP contribution in [0.5, 0.6) is 0 Å². The van der Waals surface area contributed by atoms with Gasteiger partial charge in [-0.3, -0.25) is 0 Å². The third-order valence-electron chi connectivity index (χ3n) is 4.64. The number of aromatic nitrogens is 1. The lowest BCUT2D eigenvalue weighted by atomic mass is 10.2. The van der Waals surface area contributed by atoms with Gasteiger partial charge in [-0.05, 0) is 37.8 Å². The second-order valence-corrected chi connectivity index (χ2v) is 6.90. The fourth-order valence-electron chi connectivity index (χ4n) is 3.24. The molecule has 25 heavy (non-hydrogen) atoms. The summed E-state index contributed by atoms with van der Waals surface area (Å²) < 4.78 is 11.4. The van der Waals surface area contributed by atoms with Gasteiger partial charge in [0.25, 0.3) is 0 Å². The number of hydrogen-bond donors (Lipinski definition) is 1. The van der Waals surface area contributed by atoms with Crippen LogP contribution in [-0.4, -0.2) is 68.5 Å². The van der Waals surface area contributed by atoms with E-state index in [9.17, 15) is 4.79 Å². The first kappa shape index (κ1) is 17.9. The number of pyridine rings is 1. The summed E-state index contributed by atoms with van der Waals surface area (Å²) in [4.78, 5) is 20.9. The van der Waals surface area contributed by atoms with Crippen molar-refractivity contribution in [1.29, 1.82) is 0 Å². The van der Waals surface area contributed by atoms with Crippen LogP contribution in [0.3, 0.4) is 0 Å². The first-order valence-electron chi connectivity index (χ1n) is 9.04. The van der Waals surface area contributed by atoms with Crippen molar-refractivity contribution in [3.05, 3.63) is 18.3 Å². The van der Waals surface area contributed by atoms with E-state index in [4.69, 9.17) is 9.47 Å². The molecule has 2 atom stereocenters. The van der Waals surface area contributed by atoms with Gasteiger partial charge in [0.1, 0.15) is 5.82 Å². The van der Waals surface area contributed by atoms with Gasteiger partial charge in [-0.1, -0.05) is 0 Å². The molecule has 7 nitrogen and oxygen atoms in total. The molecule has 3 rings (SSSR count). The zero-order chi connectivity index (χ0) is 17.6. The van der Waals surface area contributed by atoms with Gasteiger partial charge in [-0.2, -0.15) is 0 Å². The Morgan fingerprint density at radius 2 is 1.80 bits per heavy atom. The Morgan fingerprint density at radius 3 is 2.24 bits per heavy atom. The Balaban J connectivity index is 1.62. The maximum atomic E-state index is 12.8. The van der Waals surface area contributed by atoms with Crippen molar-refractivity contribution in [2.75, 3.05) is 50.6 Å². The highest BCUT2D eigenvalue weighted by Crippen LogP contribution is 2.19. The fourth-order valence-corrected chi connectivity index (χ4v) is 3.24. The summed E-state index contributed by atoms with van der Waals surface area (Å²) in [5.74, 6) is 0.855. The van der Waals surface area contributed by atoms with E-state index in [0.717, 1.165) is 44.7 Å². The lowest BCUT2D eigenvalue weighted by molar-refractivity contribution is 0.0524. The number of amides is 2. The maximum Gasteiger partial charge on any atom is 0.322 e. The molecule has 0 aliphatic carbocycles. The van der Waals surface area contributed by atoms with Crippen molar-refractivity contribution in [1.82, 2.24) is 9.88 Å². The number of ether oxygens (including phenoxy) is 2. The second kappa shape index (κ2) is 8.49. The molecular weight excluding hydrogens is 320 g/mol. The number of urea groups is 1. The summed E-state index contributed by atoms with van der Waals surface area (Å²) in [5, 5.41) is 2.95. The highest BCUT2D eigenvalue weighted by Gasteiger charge is 2.27. The lowest BCUT2D eigenvalue weighted by Crippen LogP contribution is -2.44. The van der Waals surface area contributed by atoms with Crippen molar-refractivity contribution in [2.24, 2.45) is 0 Å². The van der Waals surface area contributed by atoms with Crippen LogP contribution >= 0.6 is 0 Å². The quantitative estimate of drug-likeness (QED) is 0.855. The van der Waals surface area contributed by atoms with Crippen molar-refractivity contribution < 1.29 is 14.3 Å². The van der Waals surface area contributed by atoms with Gasteiger partial charge in [-0.25, -0.2) is 9.78 Å². The third-order valence-corrected chi connectivity index (χ3v) is 4.64. The molecule has 7 heteroatoms. The van der Waals surface area contributed by atoms with Gasteiger partial charge in [0, 0.05) is 40.4 Å². The van der Waals surface area contributed by atoms with Crippen LogP contribution in [0.2, 0.25) is 0 Å². The topological polar surface area (TPSA) is 66.9 Å². The minimum Gasteiger partial charge on any atom is -0.376 e. The minimum absolute atomic E-state index is 0.120. The Labute approximate surface area is 149 Å². The largest absolute Gasteiger partial charge is 0.376 e. The molecule has 0 saturated carbocycles. The van der Waals surface area contributed by atoms with Crippen LogP contribution in [0.15, 0.2) is 18.3 Å². The van der Waals surface area contributed by atoms with Crippen LogP contribution in [-0.2, 0) is 9.47 Å². The van der Waals surface area contributed by atoms with Crippen molar-refractivity contribution in [3.8, 4) is 0 Å². The molecule has 1 aromatic heterocycles. The zero-order valence-corrected chi connectivity index (χ0v) is 15.1. The Kier molecular flexibility index (Phi) is 6.09. The van der Waals surface area contributed by atoms with Crippen molar-refractivity contribution >= 4 is 17.5 Å². The number of nitrogens with one attached hydrogen (secondary N) is 1. The number of rotatable bonds is 6. The molecule has 2 aliphatic rings. The Bertz CT molecular complexity index is 534. The predicted molar refractivity (Wildman–Crippen MR) is 97.1 cm³/mol. The van der Waals surface area contributed by atoms with E-state index in [2.05, 4.69) is 10.3 Å². The fraction of sp³-hybridized carbons (Fsp3) is 0.667. The number of carbonyl (C=O) groups is 1. The standard InChI is InChI=1S/C18H28N4O3/c1-21(2)17-8-7-14(11-19-17)20-18(23)22(12-15-5-3-9-24-15)13-16-6-4-10-25-16/h7-8,11,15-16H,3-6,9-10,12-13H2,1-2H3,(H,20,23)/t15-,16+. The Hall–Kier alpha value is -1.86. The monoisotopic (exact) mass is 348 g/mol. The molecule has 138 valence electrons. The van der Waals surface area contributed by atoms with Crippen molar-refractivity contribution in [2.45, 2.75) is 37.9 Å². The van der Waals surface area contributed by atoms with Crippen LogP contribution in [0, 0.1) is 0 Å². The minimum atomic E-state index is -0.120. The molecule has 2 saturated heterocycles. The summed E-state index contributed by atoms with van der Waals surface area (Å²) >= 11 is 0. The predicted octanol–water partition coefficient (Wildman–Crippen LogP) is 2.34. The zero-order valence-electron chi connectivity index (χ0n) is 15.1. The summed E-state index contributed by atoms with van der Waals surface area (Å²) in [6.07, 6.45) is 6.08. The van der Waals surface area contributed by atoms with Crippen LogP contribution in [0.4, 0.5) is 16.3 Å². The first-order valence-corrected chi connectivity index (χ1v) is 9.04. The normalized spacial score (nSPS) is 22.8. The van der Waals surface area contributed by atoms with Gasteiger partial charge in [0.2, 0.25) is 0 Å². The van der Waals surface area contributed by atoms with Gasteiger partial charge >= 0.3 is 6.03 Å². The smallest absolute Gasteiger partial charge is 0.322 e. The van der Waals surface area contributed by atoms with Crippen LogP contribution in [0.25, 0.3) is 0 Å². The number of nitrogens with zero attached hydrogens (tertiary/aromatic N) is 3. The van der Waals surface area contributed by atoms with E-state index in [1.165, 1.54) is 0 Å². The SMILES string of the molecule is CN(C)c1ccc(NC(=O)N(C[C@H]2CCCO2)C[C@@H]2CCCO2)cn1. The molecule has 3 heterocycles. The number of anilines is 2. The lowest BCUT2D eigenvalue weighted by Gasteiger charge is -2.28. The Morgan fingerprint density at radius 1 is 1.16 bits per heavy atom. The summed E-state index contributed by atoms with van der Waals surface area (Å²) in [6, 6.07) is 3.64.